The van der Waals surface area contributed by atoms with Gasteiger partial charge >= 0.3 is 10.2 Å². The molecule has 0 unspecified atom stereocenters. The third-order valence-electron chi connectivity index (χ3n) is 4.68. The maximum absolute atomic E-state index is 12.4. The molecule has 0 aliphatic carbocycles. The highest BCUT2D eigenvalue weighted by Crippen LogP contribution is 2.35. The highest BCUT2D eigenvalue weighted by atomic mass is 32.2. The topological polar surface area (TPSA) is 105 Å². The van der Waals surface area contributed by atoms with Crippen LogP contribution in [0.15, 0.2) is 84.9 Å². The number of hydrogen-bond donors (Lipinski definition) is 3. The second kappa shape index (κ2) is 8.00. The molecular weight excluding hydrogens is 402 g/mol. The van der Waals surface area contributed by atoms with Crippen molar-refractivity contribution >= 4 is 21.6 Å². The van der Waals surface area contributed by atoms with Crippen molar-refractivity contribution in [3.05, 3.63) is 102 Å². The van der Waals surface area contributed by atoms with Crippen LogP contribution in [0.25, 0.3) is 0 Å². The minimum atomic E-state index is -3.93. The summed E-state index contributed by atoms with van der Waals surface area (Å²) >= 11 is 0. The Balaban J connectivity index is 1.69. The van der Waals surface area contributed by atoms with Gasteiger partial charge in [0, 0.05) is 5.69 Å². The largest absolute Gasteiger partial charge is 0.493 e. The van der Waals surface area contributed by atoms with Gasteiger partial charge in [0.1, 0.15) is 18.0 Å². The molecule has 154 valence electrons. The Morgan fingerprint density at radius 2 is 1.70 bits per heavy atom. The van der Waals surface area contributed by atoms with Crippen LogP contribution < -0.4 is 19.5 Å². The van der Waals surface area contributed by atoms with E-state index < -0.39 is 16.1 Å². The third-order valence-corrected chi connectivity index (χ3v) is 5.97. The van der Waals surface area contributed by atoms with Gasteiger partial charge < -0.3 is 15.6 Å². The zero-order chi connectivity index (χ0) is 21.1. The minimum absolute atomic E-state index is 0.266. The predicted octanol–water partition coefficient (Wildman–Crippen LogP) is 3.45. The molecule has 7 nitrogen and oxygen atoms in total. The summed E-state index contributed by atoms with van der Waals surface area (Å²) in [5.74, 6) is -0.0766. The fourth-order valence-corrected chi connectivity index (χ4v) is 4.27. The second-order valence-electron chi connectivity index (χ2n) is 6.87. The van der Waals surface area contributed by atoms with E-state index in [2.05, 4.69) is 0 Å². The normalized spacial score (nSPS) is 14.8. The first-order valence-corrected chi connectivity index (χ1v) is 10.7. The molecule has 8 heteroatoms. The molecule has 0 radical (unpaired) electrons. The van der Waals surface area contributed by atoms with Crippen LogP contribution in [0.4, 0.5) is 11.4 Å². The molecule has 4 rings (SSSR count). The van der Waals surface area contributed by atoms with Gasteiger partial charge in [0.25, 0.3) is 0 Å². The standard InChI is InChI=1S/C22H21N3O4S/c23-19-9-5-4-8-18(19)12-17-10-11-20(25-14-22(26)24-30(25,27)28)21(13-17)29-15-16-6-2-1-3-7-16/h1-11,13-14,24,26H,12,15,23H2. The van der Waals surface area contributed by atoms with Gasteiger partial charge in [-0.2, -0.15) is 8.42 Å². The highest BCUT2D eigenvalue weighted by molar-refractivity contribution is 7.91. The summed E-state index contributed by atoms with van der Waals surface area (Å²) in [6.45, 7) is 0.266. The molecule has 30 heavy (non-hydrogen) atoms. The summed E-state index contributed by atoms with van der Waals surface area (Å²) in [4.78, 5) is 0. The van der Waals surface area contributed by atoms with Crippen LogP contribution in [0.2, 0.25) is 0 Å². The Morgan fingerprint density at radius 1 is 0.967 bits per heavy atom. The first-order chi connectivity index (χ1) is 14.4. The number of nitrogen functional groups attached to an aromatic ring is 1. The van der Waals surface area contributed by atoms with Crippen molar-refractivity contribution < 1.29 is 18.3 Å². The van der Waals surface area contributed by atoms with Crippen LogP contribution in [-0.2, 0) is 23.2 Å². The molecule has 3 aromatic rings. The summed E-state index contributed by atoms with van der Waals surface area (Å²) in [5.41, 5.74) is 9.87. The lowest BCUT2D eigenvalue weighted by molar-refractivity contribution is 0.307. The number of nitrogens with one attached hydrogen (secondary N) is 1. The molecule has 0 bridgehead atoms. The summed E-state index contributed by atoms with van der Waals surface area (Å²) in [5, 5.41) is 9.65. The van der Waals surface area contributed by atoms with Gasteiger partial charge in [-0.1, -0.05) is 54.6 Å². The average molecular weight is 423 g/mol. The number of benzene rings is 3. The average Bonchev–Trinajstić information content (AvgIpc) is 3.01. The zero-order valence-corrected chi connectivity index (χ0v) is 16.8. The number of nitrogens with two attached hydrogens (primary N) is 1. The van der Waals surface area contributed by atoms with Crippen molar-refractivity contribution in [2.45, 2.75) is 13.0 Å². The zero-order valence-electron chi connectivity index (χ0n) is 16.0. The van der Waals surface area contributed by atoms with E-state index in [1.165, 1.54) is 0 Å². The van der Waals surface area contributed by atoms with E-state index in [9.17, 15) is 13.5 Å². The molecule has 0 aromatic heterocycles. The third kappa shape index (κ3) is 4.18. The number of rotatable bonds is 6. The molecule has 0 fully saturated rings. The Labute approximate surface area is 175 Å². The molecule has 0 saturated carbocycles. The highest BCUT2D eigenvalue weighted by Gasteiger charge is 2.31. The van der Waals surface area contributed by atoms with Crippen LogP contribution in [0.3, 0.4) is 0 Å². The van der Waals surface area contributed by atoms with Crippen molar-refractivity contribution in [1.29, 1.82) is 0 Å². The predicted molar refractivity (Wildman–Crippen MR) is 116 cm³/mol. The maximum Gasteiger partial charge on any atom is 0.330 e. The number of hydrogen-bond acceptors (Lipinski definition) is 5. The lowest BCUT2D eigenvalue weighted by Gasteiger charge is -2.19. The van der Waals surface area contributed by atoms with Crippen LogP contribution in [0.5, 0.6) is 5.75 Å². The Morgan fingerprint density at radius 3 is 2.40 bits per heavy atom. The van der Waals surface area contributed by atoms with E-state index in [-0.39, 0.29) is 6.61 Å². The van der Waals surface area contributed by atoms with Crippen molar-refractivity contribution in [3.8, 4) is 5.75 Å². The number of ether oxygens (including phenoxy) is 1. The van der Waals surface area contributed by atoms with Crippen LogP contribution in [0.1, 0.15) is 16.7 Å². The van der Waals surface area contributed by atoms with E-state index in [4.69, 9.17) is 10.5 Å². The summed E-state index contributed by atoms with van der Waals surface area (Å²) in [6.07, 6.45) is 1.68. The minimum Gasteiger partial charge on any atom is -0.493 e. The smallest absolute Gasteiger partial charge is 0.330 e. The van der Waals surface area contributed by atoms with Crippen molar-refractivity contribution in [2.75, 3.05) is 10.0 Å². The molecule has 0 atom stereocenters. The van der Waals surface area contributed by atoms with Crippen molar-refractivity contribution in [2.24, 2.45) is 0 Å². The Hall–Kier alpha value is -3.65. The summed E-state index contributed by atoms with van der Waals surface area (Å²) in [7, 11) is -3.93. The van der Waals surface area contributed by atoms with Gasteiger partial charge in [-0.3, -0.25) is 0 Å². The molecule has 1 aliphatic rings. The van der Waals surface area contributed by atoms with E-state index in [1.807, 2.05) is 65.4 Å². The summed E-state index contributed by atoms with van der Waals surface area (Å²) in [6, 6.07) is 22.4. The van der Waals surface area contributed by atoms with Crippen molar-refractivity contribution in [1.82, 2.24) is 4.72 Å². The quantitative estimate of drug-likeness (QED) is 0.527. The van der Waals surface area contributed by atoms with Gasteiger partial charge in [-0.25, -0.2) is 9.03 Å². The molecule has 1 aliphatic heterocycles. The molecule has 4 N–H and O–H groups in total. The second-order valence-corrected chi connectivity index (χ2v) is 8.42. The molecule has 0 saturated heterocycles. The fraction of sp³-hybridized carbons (Fsp3) is 0.0909. The molecule has 0 spiro atoms. The van der Waals surface area contributed by atoms with E-state index >= 15 is 0 Å². The van der Waals surface area contributed by atoms with Gasteiger partial charge in [-0.05, 0) is 41.3 Å². The number of para-hydroxylation sites is 1. The summed E-state index contributed by atoms with van der Waals surface area (Å²) < 4.78 is 33.7. The molecular formula is C22H21N3O4S. The number of aliphatic hydroxyl groups is 1. The SMILES string of the molecule is Nc1ccccc1Cc1ccc(N2C=C(O)NS2(=O)=O)c(OCc2ccccc2)c1. The van der Waals surface area contributed by atoms with Crippen LogP contribution in [0, 0.1) is 0 Å². The maximum atomic E-state index is 12.4. The number of aliphatic hydroxyl groups excluding tert-OH is 1. The van der Waals surface area contributed by atoms with Gasteiger partial charge in [0.2, 0.25) is 5.88 Å². The first-order valence-electron chi connectivity index (χ1n) is 9.28. The Bertz CT molecular complexity index is 1190. The fourth-order valence-electron chi connectivity index (χ4n) is 3.20. The molecule has 3 aromatic carbocycles. The lowest BCUT2D eigenvalue weighted by Crippen LogP contribution is -2.29. The number of nitrogens with zero attached hydrogens (tertiary/aromatic N) is 1. The van der Waals surface area contributed by atoms with Gasteiger partial charge in [0.15, 0.2) is 0 Å². The first kappa shape index (κ1) is 19.7. The van der Waals surface area contributed by atoms with E-state index in [0.29, 0.717) is 23.5 Å². The monoisotopic (exact) mass is 423 g/mol. The van der Waals surface area contributed by atoms with Gasteiger partial charge in [-0.15, -0.1) is 0 Å². The van der Waals surface area contributed by atoms with Gasteiger partial charge in [0.05, 0.1) is 6.20 Å². The molecule has 1 heterocycles. The lowest BCUT2D eigenvalue weighted by atomic mass is 10.0. The number of anilines is 2. The van der Waals surface area contributed by atoms with E-state index in [1.54, 1.807) is 12.1 Å². The van der Waals surface area contributed by atoms with Crippen LogP contribution in [-0.4, -0.2) is 13.5 Å². The van der Waals surface area contributed by atoms with E-state index in [0.717, 1.165) is 27.2 Å². The Kier molecular flexibility index (Phi) is 5.24. The van der Waals surface area contributed by atoms with Crippen molar-refractivity contribution in [3.63, 3.8) is 0 Å². The molecule has 0 amide bonds. The van der Waals surface area contributed by atoms with Crippen LogP contribution >= 0.6 is 0 Å².